The number of amides is 1. The van der Waals surface area contributed by atoms with Crippen LogP contribution in [-0.2, 0) is 16.1 Å². The van der Waals surface area contributed by atoms with Crippen LogP contribution in [0.3, 0.4) is 0 Å². The Morgan fingerprint density at radius 1 is 1.12 bits per heavy atom. The number of ether oxygens (including phenoxy) is 1. The molecule has 3 aromatic rings. The number of ketones is 1. The van der Waals surface area contributed by atoms with Crippen molar-refractivity contribution in [1.82, 2.24) is 9.88 Å². The van der Waals surface area contributed by atoms with E-state index in [-0.39, 0.29) is 11.3 Å². The van der Waals surface area contributed by atoms with Gasteiger partial charge in [-0.15, -0.1) is 0 Å². The molecule has 1 aliphatic rings. The molecule has 1 unspecified atom stereocenters. The fourth-order valence-corrected chi connectivity index (χ4v) is 4.06. The summed E-state index contributed by atoms with van der Waals surface area (Å²) in [5, 5.41) is 11.1. The molecule has 170 valence electrons. The number of aryl methyl sites for hydroxylation is 1. The highest BCUT2D eigenvalue weighted by Gasteiger charge is 2.45. The Hall–Kier alpha value is -3.87. The minimum atomic E-state index is -0.665. The molecular formula is C26H28N3O4+. The normalized spacial score (nSPS) is 17.5. The lowest BCUT2D eigenvalue weighted by molar-refractivity contribution is -0.695. The van der Waals surface area contributed by atoms with Gasteiger partial charge in [0.05, 0.1) is 24.8 Å². The molecule has 1 aliphatic heterocycles. The summed E-state index contributed by atoms with van der Waals surface area (Å²) in [4.78, 5) is 30.7. The van der Waals surface area contributed by atoms with Gasteiger partial charge < -0.3 is 14.7 Å². The van der Waals surface area contributed by atoms with E-state index in [1.165, 1.54) is 0 Å². The Labute approximate surface area is 192 Å². The number of hydrogen-bond donors (Lipinski definition) is 2. The van der Waals surface area contributed by atoms with E-state index in [0.717, 1.165) is 17.7 Å². The highest BCUT2D eigenvalue weighted by Crippen LogP contribution is 2.39. The summed E-state index contributed by atoms with van der Waals surface area (Å²) in [7, 11) is 0. The number of imidazole rings is 1. The maximum absolute atomic E-state index is 13.1. The number of nitrogens with zero attached hydrogens (tertiary/aromatic N) is 2. The fraction of sp³-hybridized carbons (Fsp3) is 0.269. The summed E-state index contributed by atoms with van der Waals surface area (Å²) in [6.45, 7) is 3.73. The van der Waals surface area contributed by atoms with Gasteiger partial charge in [0, 0.05) is 18.5 Å². The fourth-order valence-electron chi connectivity index (χ4n) is 4.06. The third-order valence-electron chi connectivity index (χ3n) is 5.67. The minimum absolute atomic E-state index is 0.114. The topological polar surface area (TPSA) is 86.5 Å². The van der Waals surface area contributed by atoms with Gasteiger partial charge in [0.15, 0.2) is 0 Å². The number of carbonyl (C=O) groups is 2. The predicted molar refractivity (Wildman–Crippen MR) is 123 cm³/mol. The van der Waals surface area contributed by atoms with E-state index in [4.69, 9.17) is 4.74 Å². The number of benzene rings is 2. The highest BCUT2D eigenvalue weighted by atomic mass is 16.5. The second-order valence-corrected chi connectivity index (χ2v) is 7.98. The van der Waals surface area contributed by atoms with Gasteiger partial charge in [0.2, 0.25) is 6.33 Å². The Balaban J connectivity index is 1.68. The zero-order valence-corrected chi connectivity index (χ0v) is 18.6. The van der Waals surface area contributed by atoms with E-state index in [1.807, 2.05) is 60.5 Å². The van der Waals surface area contributed by atoms with Gasteiger partial charge in [0.25, 0.3) is 11.7 Å². The number of hydrogen-bond acceptors (Lipinski definition) is 4. The summed E-state index contributed by atoms with van der Waals surface area (Å²) in [5.74, 6) is -0.693. The summed E-state index contributed by atoms with van der Waals surface area (Å²) in [5.41, 5.74) is 1.37. The van der Waals surface area contributed by atoms with E-state index in [0.29, 0.717) is 31.7 Å². The number of rotatable bonds is 9. The average molecular weight is 447 g/mol. The molecule has 2 heterocycles. The molecule has 1 atom stereocenters. The average Bonchev–Trinajstić information content (AvgIpc) is 3.45. The van der Waals surface area contributed by atoms with Crippen molar-refractivity contribution in [3.8, 4) is 5.75 Å². The smallest absolute Gasteiger partial charge is 0.295 e. The van der Waals surface area contributed by atoms with E-state index in [1.54, 1.807) is 29.2 Å². The van der Waals surface area contributed by atoms with Gasteiger partial charge in [0.1, 0.15) is 23.9 Å². The summed E-state index contributed by atoms with van der Waals surface area (Å²) >= 11 is 0. The van der Waals surface area contributed by atoms with Crippen LogP contribution in [0, 0.1) is 0 Å². The molecule has 1 fully saturated rings. The number of aromatic amines is 1. The summed E-state index contributed by atoms with van der Waals surface area (Å²) in [6, 6.07) is 15.6. The van der Waals surface area contributed by atoms with Crippen LogP contribution in [0.1, 0.15) is 36.9 Å². The maximum atomic E-state index is 13.1. The molecule has 1 amide bonds. The number of aliphatic hydroxyl groups excluding tert-OH is 1. The van der Waals surface area contributed by atoms with Crippen LogP contribution < -0.4 is 9.30 Å². The number of Topliss-reactive ketones (excluding diaryl/α,β-unsaturated/α-hetero) is 1. The maximum Gasteiger partial charge on any atom is 0.295 e. The summed E-state index contributed by atoms with van der Waals surface area (Å²) in [6.07, 6.45) is 7.15. The molecule has 7 heteroatoms. The van der Waals surface area contributed by atoms with Gasteiger partial charge in [-0.2, -0.15) is 0 Å². The van der Waals surface area contributed by atoms with Crippen LogP contribution in [0.5, 0.6) is 5.75 Å². The Bertz CT molecular complexity index is 1120. The quantitative estimate of drug-likeness (QED) is 0.228. The Kier molecular flexibility index (Phi) is 6.88. The molecule has 2 N–H and O–H groups in total. The molecule has 0 spiro atoms. The van der Waals surface area contributed by atoms with Gasteiger partial charge in [-0.1, -0.05) is 49.4 Å². The molecule has 0 aliphatic carbocycles. The first-order valence-corrected chi connectivity index (χ1v) is 11.2. The molecule has 1 aromatic heterocycles. The standard InChI is InChI=1S/C26H27N3O4/c1-2-17-33-21-11-9-19(10-12-21)23-22(24(30)20-7-4-3-5-8-20)25(31)26(32)29(23)15-6-14-28-16-13-27-18-28/h3-5,7-13,16,18,23H,2,6,14-15,17H2,1H3,(H,30,31)/p+1. The largest absolute Gasteiger partial charge is 0.507 e. The first-order valence-electron chi connectivity index (χ1n) is 11.2. The number of aromatic nitrogens is 2. The molecular weight excluding hydrogens is 418 g/mol. The minimum Gasteiger partial charge on any atom is -0.507 e. The Morgan fingerprint density at radius 3 is 2.55 bits per heavy atom. The van der Waals surface area contributed by atoms with Crippen molar-refractivity contribution in [2.75, 3.05) is 13.2 Å². The van der Waals surface area contributed by atoms with Crippen molar-refractivity contribution in [2.24, 2.45) is 0 Å². The van der Waals surface area contributed by atoms with E-state index >= 15 is 0 Å². The second kappa shape index (κ2) is 10.2. The monoisotopic (exact) mass is 446 g/mol. The van der Waals surface area contributed by atoms with Crippen LogP contribution >= 0.6 is 0 Å². The molecule has 0 radical (unpaired) electrons. The lowest BCUT2D eigenvalue weighted by atomic mass is 9.95. The van der Waals surface area contributed by atoms with Crippen molar-refractivity contribution < 1.29 is 24.0 Å². The highest BCUT2D eigenvalue weighted by molar-refractivity contribution is 6.46. The third-order valence-corrected chi connectivity index (χ3v) is 5.67. The van der Waals surface area contributed by atoms with Crippen molar-refractivity contribution >= 4 is 17.4 Å². The molecule has 7 nitrogen and oxygen atoms in total. The van der Waals surface area contributed by atoms with Crippen LogP contribution in [0.15, 0.2) is 78.9 Å². The number of likely N-dealkylation sites (tertiary alicyclic amines) is 1. The first-order chi connectivity index (χ1) is 16.1. The van der Waals surface area contributed by atoms with Gasteiger partial charge in [-0.05, 0) is 24.1 Å². The SMILES string of the molecule is CCCOc1ccc(C2C(=C(O)c3ccccc3)C(=O)C(=O)N2CCC[n+]2cc[nH]c2)cc1. The van der Waals surface area contributed by atoms with E-state index < -0.39 is 17.7 Å². The Morgan fingerprint density at radius 2 is 1.88 bits per heavy atom. The first kappa shape index (κ1) is 22.3. The molecule has 0 saturated carbocycles. The molecule has 0 bridgehead atoms. The predicted octanol–water partition coefficient (Wildman–Crippen LogP) is 3.60. The molecule has 2 aromatic carbocycles. The third kappa shape index (κ3) is 4.82. The molecule has 33 heavy (non-hydrogen) atoms. The number of aliphatic hydroxyl groups is 1. The summed E-state index contributed by atoms with van der Waals surface area (Å²) < 4.78 is 7.66. The van der Waals surface area contributed by atoms with Crippen molar-refractivity contribution in [3.63, 3.8) is 0 Å². The number of carbonyl (C=O) groups excluding carboxylic acids is 2. The lowest BCUT2D eigenvalue weighted by Gasteiger charge is -2.25. The van der Waals surface area contributed by atoms with E-state index in [2.05, 4.69) is 4.98 Å². The zero-order valence-electron chi connectivity index (χ0n) is 18.6. The van der Waals surface area contributed by atoms with Gasteiger partial charge in [-0.25, -0.2) is 4.57 Å². The molecule has 1 saturated heterocycles. The van der Waals surface area contributed by atoms with Crippen LogP contribution in [0.2, 0.25) is 0 Å². The molecule has 4 rings (SSSR count). The van der Waals surface area contributed by atoms with Crippen LogP contribution in [0.25, 0.3) is 5.76 Å². The van der Waals surface area contributed by atoms with Gasteiger partial charge in [-0.3, -0.25) is 14.6 Å². The van der Waals surface area contributed by atoms with Gasteiger partial charge >= 0.3 is 0 Å². The number of nitrogens with one attached hydrogen (secondary N) is 1. The van der Waals surface area contributed by atoms with Crippen molar-refractivity contribution in [1.29, 1.82) is 0 Å². The van der Waals surface area contributed by atoms with Crippen molar-refractivity contribution in [2.45, 2.75) is 32.4 Å². The zero-order chi connectivity index (χ0) is 23.2. The van der Waals surface area contributed by atoms with Crippen LogP contribution in [0.4, 0.5) is 0 Å². The lowest BCUT2D eigenvalue weighted by Crippen LogP contribution is -2.36. The van der Waals surface area contributed by atoms with Crippen LogP contribution in [-0.4, -0.2) is 39.8 Å². The van der Waals surface area contributed by atoms with Crippen molar-refractivity contribution in [3.05, 3.63) is 90.0 Å². The number of H-pyrrole nitrogens is 1. The van der Waals surface area contributed by atoms with E-state index in [9.17, 15) is 14.7 Å². The second-order valence-electron chi connectivity index (χ2n) is 7.98.